The maximum atomic E-state index is 11.8. The average molecular weight is 357 g/mol. The number of carbonyl (C=O) groups is 1. The number of nitro groups is 1. The van der Waals surface area contributed by atoms with Gasteiger partial charge in [0, 0.05) is 30.0 Å². The monoisotopic (exact) mass is 357 g/mol. The molecule has 0 aromatic heterocycles. The number of rotatable bonds is 8. The Labute approximate surface area is 150 Å². The first-order chi connectivity index (χ1) is 12.0. The van der Waals surface area contributed by atoms with Gasteiger partial charge in [0.1, 0.15) is 0 Å². The molecule has 1 N–H and O–H groups in total. The number of hydrazone groups is 1. The molecule has 1 amide bonds. The molecule has 6 nitrogen and oxygen atoms in total. The van der Waals surface area contributed by atoms with E-state index in [2.05, 4.69) is 10.5 Å². The Morgan fingerprint density at radius 1 is 1.12 bits per heavy atom. The summed E-state index contributed by atoms with van der Waals surface area (Å²) in [5.41, 5.74) is 5.53. The smallest absolute Gasteiger partial charge is 0.269 e. The first kappa shape index (κ1) is 18.7. The van der Waals surface area contributed by atoms with Crippen LogP contribution < -0.4 is 5.43 Å². The van der Waals surface area contributed by atoms with Gasteiger partial charge in [-0.1, -0.05) is 42.5 Å². The Kier molecular flexibility index (Phi) is 7.16. The lowest BCUT2D eigenvalue weighted by molar-refractivity contribution is -0.384. The third kappa shape index (κ3) is 6.76. The Bertz CT molecular complexity index is 746. The number of hydrogen-bond acceptors (Lipinski definition) is 5. The summed E-state index contributed by atoms with van der Waals surface area (Å²) in [6.45, 7) is 1.87. The van der Waals surface area contributed by atoms with Gasteiger partial charge in [-0.3, -0.25) is 14.9 Å². The average Bonchev–Trinajstić information content (AvgIpc) is 2.61. The molecule has 0 aliphatic heterocycles. The van der Waals surface area contributed by atoms with Crippen LogP contribution >= 0.6 is 11.8 Å². The fraction of sp³-hybridized carbons (Fsp3) is 0.222. The van der Waals surface area contributed by atoms with Crippen molar-refractivity contribution in [1.29, 1.82) is 0 Å². The van der Waals surface area contributed by atoms with Crippen LogP contribution in [0.3, 0.4) is 0 Å². The minimum Gasteiger partial charge on any atom is -0.272 e. The van der Waals surface area contributed by atoms with Gasteiger partial charge in [0.2, 0.25) is 5.91 Å². The lowest BCUT2D eigenvalue weighted by atomic mass is 10.1. The van der Waals surface area contributed by atoms with Crippen molar-refractivity contribution in [2.24, 2.45) is 5.10 Å². The highest BCUT2D eigenvalue weighted by atomic mass is 32.2. The van der Waals surface area contributed by atoms with Crippen molar-refractivity contribution >= 4 is 29.1 Å². The quantitative estimate of drug-likeness (QED) is 0.445. The van der Waals surface area contributed by atoms with Crippen LogP contribution in [0.4, 0.5) is 5.69 Å². The molecule has 7 heteroatoms. The molecule has 2 aromatic rings. The molecule has 0 spiro atoms. The summed E-state index contributed by atoms with van der Waals surface area (Å²) in [6, 6.07) is 16.3. The van der Waals surface area contributed by atoms with E-state index in [0.29, 0.717) is 12.2 Å². The second kappa shape index (κ2) is 9.58. The standard InChI is InChI=1S/C18H19N3O3S/c1-14(11-15-5-3-2-4-6-15)19-20-18(22)13-25-12-16-7-9-17(10-8-16)21(23)24/h2-10H,11-13H2,1H3,(H,20,22)/b19-14-. The molecule has 0 heterocycles. The fourth-order valence-corrected chi connectivity index (χ4v) is 2.88. The number of nitrogens with one attached hydrogen (secondary N) is 1. The molecule has 2 rings (SSSR count). The second-order valence-corrected chi connectivity index (χ2v) is 6.45. The summed E-state index contributed by atoms with van der Waals surface area (Å²) >= 11 is 1.43. The maximum absolute atomic E-state index is 11.8. The van der Waals surface area contributed by atoms with Crippen molar-refractivity contribution < 1.29 is 9.72 Å². The zero-order chi connectivity index (χ0) is 18.1. The number of nitro benzene ring substituents is 1. The van der Waals surface area contributed by atoms with Gasteiger partial charge in [0.05, 0.1) is 10.7 Å². The van der Waals surface area contributed by atoms with Crippen LogP contribution in [0.1, 0.15) is 18.1 Å². The molecule has 0 radical (unpaired) electrons. The summed E-state index contributed by atoms with van der Waals surface area (Å²) in [5.74, 6) is 0.719. The van der Waals surface area contributed by atoms with Gasteiger partial charge in [-0.2, -0.15) is 5.10 Å². The number of hydrogen-bond donors (Lipinski definition) is 1. The zero-order valence-corrected chi connectivity index (χ0v) is 14.7. The van der Waals surface area contributed by atoms with Gasteiger partial charge in [-0.25, -0.2) is 5.43 Å². The zero-order valence-electron chi connectivity index (χ0n) is 13.8. The predicted octanol–water partition coefficient (Wildman–Crippen LogP) is 3.56. The maximum Gasteiger partial charge on any atom is 0.269 e. The molecule has 25 heavy (non-hydrogen) atoms. The van der Waals surface area contributed by atoms with Crippen LogP contribution in [-0.2, 0) is 17.0 Å². The first-order valence-electron chi connectivity index (χ1n) is 7.71. The van der Waals surface area contributed by atoms with Crippen LogP contribution in [0.25, 0.3) is 0 Å². The predicted molar refractivity (Wildman–Crippen MR) is 101 cm³/mol. The van der Waals surface area contributed by atoms with E-state index in [4.69, 9.17) is 0 Å². The molecular formula is C18H19N3O3S. The van der Waals surface area contributed by atoms with Crippen molar-refractivity contribution in [3.63, 3.8) is 0 Å². The summed E-state index contributed by atoms with van der Waals surface area (Å²) in [7, 11) is 0. The van der Waals surface area contributed by atoms with Gasteiger partial charge in [0.25, 0.3) is 5.69 Å². The van der Waals surface area contributed by atoms with E-state index >= 15 is 0 Å². The first-order valence-corrected chi connectivity index (χ1v) is 8.87. The highest BCUT2D eigenvalue weighted by Gasteiger charge is 2.05. The van der Waals surface area contributed by atoms with E-state index in [1.807, 2.05) is 37.3 Å². The molecule has 130 valence electrons. The van der Waals surface area contributed by atoms with E-state index in [1.54, 1.807) is 12.1 Å². The lowest BCUT2D eigenvalue weighted by Gasteiger charge is -2.04. The van der Waals surface area contributed by atoms with Crippen molar-refractivity contribution in [1.82, 2.24) is 5.43 Å². The number of nitrogens with zero attached hydrogens (tertiary/aromatic N) is 2. The molecule has 0 unspecified atom stereocenters. The highest BCUT2D eigenvalue weighted by molar-refractivity contribution is 7.99. The van der Waals surface area contributed by atoms with Crippen molar-refractivity contribution in [3.05, 3.63) is 75.8 Å². The van der Waals surface area contributed by atoms with Gasteiger partial charge < -0.3 is 0 Å². The molecule has 0 saturated heterocycles. The molecule has 0 bridgehead atoms. The molecule has 2 aromatic carbocycles. The largest absolute Gasteiger partial charge is 0.272 e. The minimum absolute atomic E-state index is 0.0646. The van der Waals surface area contributed by atoms with E-state index in [0.717, 1.165) is 16.8 Å². The van der Waals surface area contributed by atoms with E-state index in [1.165, 1.54) is 23.9 Å². The molecule has 0 aliphatic carbocycles. The Balaban J connectivity index is 1.71. The van der Waals surface area contributed by atoms with E-state index in [-0.39, 0.29) is 17.3 Å². The Hall–Kier alpha value is -2.67. The van der Waals surface area contributed by atoms with Crippen LogP contribution in [0.2, 0.25) is 0 Å². The van der Waals surface area contributed by atoms with Crippen LogP contribution in [0.5, 0.6) is 0 Å². The SMILES string of the molecule is C/C(Cc1ccccc1)=N/NC(=O)CSCc1ccc([N+](=O)[O-])cc1. The van der Waals surface area contributed by atoms with Gasteiger partial charge in [0.15, 0.2) is 0 Å². The topological polar surface area (TPSA) is 84.6 Å². The minimum atomic E-state index is -0.430. The van der Waals surface area contributed by atoms with E-state index < -0.39 is 4.92 Å². The number of thioether (sulfide) groups is 1. The van der Waals surface area contributed by atoms with Crippen molar-refractivity contribution in [3.8, 4) is 0 Å². The summed E-state index contributed by atoms with van der Waals surface area (Å²) in [5, 5.41) is 14.7. The number of benzene rings is 2. The number of amides is 1. The Morgan fingerprint density at radius 3 is 2.44 bits per heavy atom. The van der Waals surface area contributed by atoms with Gasteiger partial charge >= 0.3 is 0 Å². The third-order valence-electron chi connectivity index (χ3n) is 3.32. The molecule has 0 atom stereocenters. The highest BCUT2D eigenvalue weighted by Crippen LogP contribution is 2.16. The molecule has 0 fully saturated rings. The third-order valence-corrected chi connectivity index (χ3v) is 4.33. The summed E-state index contributed by atoms with van der Waals surface area (Å²) in [6.07, 6.45) is 0.692. The summed E-state index contributed by atoms with van der Waals surface area (Å²) < 4.78 is 0. The molecular weight excluding hydrogens is 338 g/mol. The van der Waals surface area contributed by atoms with E-state index in [9.17, 15) is 14.9 Å². The van der Waals surface area contributed by atoms with Crippen LogP contribution in [-0.4, -0.2) is 22.3 Å². The van der Waals surface area contributed by atoms with Gasteiger partial charge in [-0.15, -0.1) is 11.8 Å². The fourth-order valence-electron chi connectivity index (χ4n) is 2.10. The van der Waals surface area contributed by atoms with Crippen molar-refractivity contribution in [2.45, 2.75) is 19.1 Å². The Morgan fingerprint density at radius 2 is 1.80 bits per heavy atom. The molecule has 0 aliphatic rings. The number of carbonyl (C=O) groups excluding carboxylic acids is 1. The van der Waals surface area contributed by atoms with Crippen LogP contribution in [0.15, 0.2) is 59.7 Å². The van der Waals surface area contributed by atoms with Crippen molar-refractivity contribution in [2.75, 3.05) is 5.75 Å². The lowest BCUT2D eigenvalue weighted by Crippen LogP contribution is -2.21. The van der Waals surface area contributed by atoms with Gasteiger partial charge in [-0.05, 0) is 18.1 Å². The van der Waals surface area contributed by atoms with Crippen LogP contribution in [0, 0.1) is 10.1 Å². The summed E-state index contributed by atoms with van der Waals surface area (Å²) in [4.78, 5) is 22.0. The second-order valence-electron chi connectivity index (χ2n) is 5.46. The number of non-ortho nitro benzene ring substituents is 1. The normalized spacial score (nSPS) is 11.2. The molecule has 0 saturated carbocycles.